The molecule has 5 nitrogen and oxygen atoms in total. The SMILES string of the molecule is c1ccc(-n2c3ccccc3c3cc(-c4nc5ccccc5nc4-n4c5ccccc5c5cc6c(-n7c8ccccc8c8ccccc87)cccc6cc54)ccc32)cc1. The molecule has 0 aliphatic rings. The highest BCUT2D eigenvalue weighted by Gasteiger charge is 2.22. The molecule has 0 atom stereocenters. The van der Waals surface area contributed by atoms with Gasteiger partial charge in [0.2, 0.25) is 0 Å². The maximum atomic E-state index is 5.49. The molecule has 0 saturated heterocycles. The minimum Gasteiger partial charge on any atom is -0.309 e. The monoisotopic (exact) mass is 751 g/mol. The second-order valence-corrected chi connectivity index (χ2v) is 15.4. The van der Waals surface area contributed by atoms with Gasteiger partial charge in [0.25, 0.3) is 0 Å². The number of hydrogen-bond acceptors (Lipinski definition) is 2. The van der Waals surface area contributed by atoms with Gasteiger partial charge in [-0.15, -0.1) is 0 Å². The van der Waals surface area contributed by atoms with Crippen LogP contribution in [0.25, 0.3) is 116 Å². The van der Waals surface area contributed by atoms with Gasteiger partial charge in [-0.1, -0.05) is 121 Å². The lowest BCUT2D eigenvalue weighted by Crippen LogP contribution is -2.04. The Labute approximate surface area is 338 Å². The van der Waals surface area contributed by atoms with E-state index in [2.05, 4.69) is 202 Å². The van der Waals surface area contributed by atoms with E-state index < -0.39 is 0 Å². The number of nitrogens with zero attached hydrogens (tertiary/aromatic N) is 5. The zero-order chi connectivity index (χ0) is 38.6. The van der Waals surface area contributed by atoms with E-state index in [9.17, 15) is 0 Å². The fourth-order valence-corrected chi connectivity index (χ4v) is 9.64. The molecule has 0 unspecified atom stereocenters. The summed E-state index contributed by atoms with van der Waals surface area (Å²) in [5.41, 5.74) is 12.8. The Balaban J connectivity index is 1.10. The quantitative estimate of drug-likeness (QED) is 0.180. The van der Waals surface area contributed by atoms with E-state index in [4.69, 9.17) is 9.97 Å². The van der Waals surface area contributed by atoms with Crippen molar-refractivity contribution in [3.63, 3.8) is 0 Å². The van der Waals surface area contributed by atoms with Crippen LogP contribution in [0.1, 0.15) is 0 Å². The highest BCUT2D eigenvalue weighted by Crippen LogP contribution is 2.42. The predicted octanol–water partition coefficient (Wildman–Crippen LogP) is 13.7. The largest absolute Gasteiger partial charge is 0.309 e. The smallest absolute Gasteiger partial charge is 0.165 e. The van der Waals surface area contributed by atoms with Crippen LogP contribution in [0.2, 0.25) is 0 Å². The third kappa shape index (κ3) is 4.61. The maximum Gasteiger partial charge on any atom is 0.165 e. The molecule has 13 aromatic rings. The lowest BCUT2D eigenvalue weighted by atomic mass is 10.0. The average molecular weight is 752 g/mol. The van der Waals surface area contributed by atoms with Gasteiger partial charge >= 0.3 is 0 Å². The molecule has 13 rings (SSSR count). The molecular weight excluding hydrogens is 719 g/mol. The van der Waals surface area contributed by atoms with Gasteiger partial charge in [-0.05, 0) is 84.2 Å². The molecule has 0 radical (unpaired) electrons. The zero-order valence-corrected chi connectivity index (χ0v) is 31.8. The fourth-order valence-electron chi connectivity index (χ4n) is 9.64. The molecule has 0 fully saturated rings. The summed E-state index contributed by atoms with van der Waals surface area (Å²) in [6.45, 7) is 0. The van der Waals surface area contributed by atoms with E-state index in [0.717, 1.165) is 61.4 Å². The molecule has 0 amide bonds. The summed E-state index contributed by atoms with van der Waals surface area (Å²) in [7, 11) is 0. The van der Waals surface area contributed by atoms with Crippen molar-refractivity contribution in [3.05, 3.63) is 200 Å². The second kappa shape index (κ2) is 12.2. The third-order valence-electron chi connectivity index (χ3n) is 12.2. The van der Waals surface area contributed by atoms with Crippen LogP contribution in [0.5, 0.6) is 0 Å². The fraction of sp³-hybridized carbons (Fsp3) is 0. The van der Waals surface area contributed by atoms with Crippen LogP contribution >= 0.6 is 0 Å². The minimum absolute atomic E-state index is 0.805. The topological polar surface area (TPSA) is 40.6 Å². The summed E-state index contributed by atoms with van der Waals surface area (Å²) in [5.74, 6) is 0.805. The van der Waals surface area contributed by atoms with Crippen LogP contribution in [0.15, 0.2) is 200 Å². The van der Waals surface area contributed by atoms with E-state index in [1.165, 1.54) is 54.3 Å². The first-order valence-electron chi connectivity index (χ1n) is 20.1. The number of para-hydroxylation sites is 7. The Kier molecular flexibility index (Phi) is 6.66. The summed E-state index contributed by atoms with van der Waals surface area (Å²) < 4.78 is 7.12. The number of rotatable bonds is 4. The summed E-state index contributed by atoms with van der Waals surface area (Å²) in [5, 5.41) is 9.57. The predicted molar refractivity (Wildman–Crippen MR) is 245 cm³/mol. The molecular formula is C54H33N5. The molecule has 0 spiro atoms. The lowest BCUT2D eigenvalue weighted by molar-refractivity contribution is 1.08. The van der Waals surface area contributed by atoms with Crippen LogP contribution in [-0.4, -0.2) is 23.7 Å². The Bertz CT molecular complexity index is 3800. The van der Waals surface area contributed by atoms with Crippen molar-refractivity contribution >= 4 is 87.2 Å². The molecule has 5 heteroatoms. The van der Waals surface area contributed by atoms with E-state index in [1.807, 2.05) is 12.1 Å². The first-order chi connectivity index (χ1) is 29.3. The Hall–Kier alpha value is -8.02. The molecule has 9 aromatic carbocycles. The van der Waals surface area contributed by atoms with E-state index in [0.29, 0.717) is 0 Å². The van der Waals surface area contributed by atoms with Gasteiger partial charge in [-0.25, -0.2) is 9.97 Å². The van der Waals surface area contributed by atoms with Crippen LogP contribution in [0.3, 0.4) is 0 Å². The summed E-state index contributed by atoms with van der Waals surface area (Å²) in [4.78, 5) is 10.9. The minimum atomic E-state index is 0.805. The third-order valence-corrected chi connectivity index (χ3v) is 12.2. The van der Waals surface area contributed by atoms with Crippen LogP contribution < -0.4 is 0 Å². The molecule has 59 heavy (non-hydrogen) atoms. The molecule has 0 aliphatic heterocycles. The van der Waals surface area contributed by atoms with Crippen molar-refractivity contribution in [1.29, 1.82) is 0 Å². The highest BCUT2D eigenvalue weighted by atomic mass is 15.1. The van der Waals surface area contributed by atoms with Gasteiger partial charge < -0.3 is 9.13 Å². The van der Waals surface area contributed by atoms with Crippen LogP contribution in [0, 0.1) is 0 Å². The van der Waals surface area contributed by atoms with Gasteiger partial charge in [-0.2, -0.15) is 0 Å². The normalized spacial score (nSPS) is 12.1. The Morgan fingerprint density at radius 2 is 0.831 bits per heavy atom. The van der Waals surface area contributed by atoms with Crippen LogP contribution in [0.4, 0.5) is 0 Å². The van der Waals surface area contributed by atoms with Crippen molar-refractivity contribution in [2.45, 2.75) is 0 Å². The van der Waals surface area contributed by atoms with Gasteiger partial charge in [0.15, 0.2) is 5.82 Å². The first-order valence-corrected chi connectivity index (χ1v) is 20.1. The van der Waals surface area contributed by atoms with Crippen molar-refractivity contribution in [1.82, 2.24) is 23.7 Å². The summed E-state index contributed by atoms with van der Waals surface area (Å²) >= 11 is 0. The van der Waals surface area contributed by atoms with Gasteiger partial charge in [0, 0.05) is 49.0 Å². The standard InChI is InChI=1S/C54H33N5/c1-2-16-36(17-3-1)57-46-24-10-6-20-39(46)42-31-35(29-30-51(42)57)53-54(56-45-23-9-8-22-44(45)55-53)59-49-27-13-7-21-40(49)43-33-41-34(32-52(43)59)15-14-28-50(41)58-47-25-11-4-18-37(47)38-19-5-12-26-48(38)58/h1-33H. The second-order valence-electron chi connectivity index (χ2n) is 15.4. The van der Waals surface area contributed by atoms with E-state index in [1.54, 1.807) is 0 Å². The number of fused-ring (bicyclic) bond motifs is 11. The van der Waals surface area contributed by atoms with E-state index in [-0.39, 0.29) is 0 Å². The lowest BCUT2D eigenvalue weighted by Gasteiger charge is -2.15. The van der Waals surface area contributed by atoms with Gasteiger partial charge in [0.1, 0.15) is 5.69 Å². The van der Waals surface area contributed by atoms with Crippen LogP contribution in [-0.2, 0) is 0 Å². The molecule has 4 aromatic heterocycles. The molecule has 0 aliphatic carbocycles. The zero-order valence-electron chi connectivity index (χ0n) is 31.8. The van der Waals surface area contributed by atoms with Gasteiger partial charge in [-0.3, -0.25) is 4.57 Å². The maximum absolute atomic E-state index is 5.49. The van der Waals surface area contributed by atoms with Gasteiger partial charge in [0.05, 0.1) is 49.8 Å². The van der Waals surface area contributed by atoms with E-state index >= 15 is 0 Å². The summed E-state index contributed by atoms with van der Waals surface area (Å²) in [6.07, 6.45) is 0. The molecule has 0 N–H and O–H groups in total. The van der Waals surface area contributed by atoms with Crippen molar-refractivity contribution < 1.29 is 0 Å². The Morgan fingerprint density at radius 1 is 0.305 bits per heavy atom. The van der Waals surface area contributed by atoms with Crippen molar-refractivity contribution in [3.8, 4) is 28.5 Å². The average Bonchev–Trinajstić information content (AvgIpc) is 3.93. The Morgan fingerprint density at radius 3 is 1.51 bits per heavy atom. The van der Waals surface area contributed by atoms with Crippen molar-refractivity contribution in [2.75, 3.05) is 0 Å². The summed E-state index contributed by atoms with van der Waals surface area (Å²) in [6, 6.07) is 71.8. The molecule has 0 bridgehead atoms. The molecule has 274 valence electrons. The first kappa shape index (κ1) is 32.1. The van der Waals surface area contributed by atoms with Crippen molar-refractivity contribution in [2.24, 2.45) is 0 Å². The molecule has 0 saturated carbocycles. The highest BCUT2D eigenvalue weighted by molar-refractivity contribution is 6.17. The number of aromatic nitrogens is 5. The number of hydrogen-bond donors (Lipinski definition) is 0. The molecule has 4 heterocycles. The number of benzene rings is 9.